The summed E-state index contributed by atoms with van der Waals surface area (Å²) >= 11 is 5.98. The Morgan fingerprint density at radius 2 is 2.00 bits per heavy atom. The van der Waals surface area contributed by atoms with E-state index in [2.05, 4.69) is 10.1 Å². The number of carbonyl (C=O) groups is 2. The van der Waals surface area contributed by atoms with E-state index >= 15 is 0 Å². The lowest BCUT2D eigenvalue weighted by molar-refractivity contribution is -0.138. The highest BCUT2D eigenvalue weighted by molar-refractivity contribution is 6.31. The molecular weight excluding hydrogens is 292 g/mol. The van der Waals surface area contributed by atoms with Crippen LogP contribution in [-0.2, 0) is 9.53 Å². The molecule has 0 aliphatic carbocycles. The van der Waals surface area contributed by atoms with Gasteiger partial charge < -0.3 is 15.0 Å². The third-order valence-electron chi connectivity index (χ3n) is 3.51. The second kappa shape index (κ2) is 7.31. The van der Waals surface area contributed by atoms with E-state index in [4.69, 9.17) is 11.6 Å². The van der Waals surface area contributed by atoms with Crippen molar-refractivity contribution >= 4 is 29.2 Å². The van der Waals surface area contributed by atoms with Gasteiger partial charge in [-0.25, -0.2) is 0 Å². The van der Waals surface area contributed by atoms with Crippen molar-refractivity contribution < 1.29 is 14.3 Å². The molecule has 1 aliphatic heterocycles. The molecule has 114 valence electrons. The maximum Gasteiger partial charge on any atom is 0.325 e. The van der Waals surface area contributed by atoms with Gasteiger partial charge in [-0.3, -0.25) is 9.59 Å². The predicted molar refractivity (Wildman–Crippen MR) is 81.7 cm³/mol. The average Bonchev–Trinajstić information content (AvgIpc) is 2.53. The van der Waals surface area contributed by atoms with Crippen molar-refractivity contribution in [3.05, 3.63) is 28.8 Å². The lowest BCUT2D eigenvalue weighted by Gasteiger charge is -2.27. The lowest BCUT2D eigenvalue weighted by Crippen LogP contribution is -2.36. The number of benzene rings is 1. The summed E-state index contributed by atoms with van der Waals surface area (Å²) in [5.41, 5.74) is 1.09. The standard InChI is InChI=1S/C15H19ClN2O3/c1-21-14(19)10-17-13-9-11(16)5-6-12(13)15(20)18-7-3-2-4-8-18/h5-6,9,17H,2-4,7-8,10H2,1H3. The van der Waals surface area contributed by atoms with Gasteiger partial charge in [-0.1, -0.05) is 11.6 Å². The topological polar surface area (TPSA) is 58.6 Å². The number of esters is 1. The van der Waals surface area contributed by atoms with E-state index in [9.17, 15) is 9.59 Å². The zero-order chi connectivity index (χ0) is 15.2. The highest BCUT2D eigenvalue weighted by Crippen LogP contribution is 2.24. The fourth-order valence-corrected chi connectivity index (χ4v) is 2.53. The Labute approximate surface area is 129 Å². The maximum absolute atomic E-state index is 12.6. The van der Waals surface area contributed by atoms with E-state index in [0.29, 0.717) is 16.3 Å². The Kier molecular flexibility index (Phi) is 5.44. The molecule has 1 aromatic carbocycles. The quantitative estimate of drug-likeness (QED) is 0.868. The van der Waals surface area contributed by atoms with E-state index < -0.39 is 5.97 Å². The number of ether oxygens (including phenoxy) is 1. The molecule has 0 radical (unpaired) electrons. The number of nitrogens with one attached hydrogen (secondary N) is 1. The molecule has 0 unspecified atom stereocenters. The summed E-state index contributed by atoms with van der Waals surface area (Å²) in [4.78, 5) is 25.7. The SMILES string of the molecule is COC(=O)CNc1cc(Cl)ccc1C(=O)N1CCCCC1. The van der Waals surface area contributed by atoms with Crippen LogP contribution >= 0.6 is 11.6 Å². The molecule has 1 amide bonds. The van der Waals surface area contributed by atoms with Crippen LogP contribution in [-0.4, -0.2) is 43.5 Å². The van der Waals surface area contributed by atoms with Gasteiger partial charge in [0, 0.05) is 23.8 Å². The molecule has 0 bridgehead atoms. The van der Waals surface area contributed by atoms with Crippen LogP contribution in [0, 0.1) is 0 Å². The highest BCUT2D eigenvalue weighted by Gasteiger charge is 2.21. The van der Waals surface area contributed by atoms with Crippen LogP contribution in [0.15, 0.2) is 18.2 Å². The zero-order valence-electron chi connectivity index (χ0n) is 12.0. The third kappa shape index (κ3) is 4.11. The van der Waals surface area contributed by atoms with Gasteiger partial charge in [0.1, 0.15) is 6.54 Å². The van der Waals surface area contributed by atoms with Crippen LogP contribution in [0.2, 0.25) is 5.02 Å². The number of piperidine rings is 1. The van der Waals surface area contributed by atoms with E-state index in [1.54, 1.807) is 18.2 Å². The molecule has 1 aliphatic rings. The summed E-state index contributed by atoms with van der Waals surface area (Å²) in [5.74, 6) is -0.426. The normalized spacial score (nSPS) is 14.7. The summed E-state index contributed by atoms with van der Waals surface area (Å²) in [7, 11) is 1.32. The largest absolute Gasteiger partial charge is 0.468 e. The number of anilines is 1. The van der Waals surface area contributed by atoms with Gasteiger partial charge in [0.25, 0.3) is 5.91 Å². The van der Waals surface area contributed by atoms with Crippen molar-refractivity contribution in [2.45, 2.75) is 19.3 Å². The Bertz CT molecular complexity index is 528. The summed E-state index contributed by atoms with van der Waals surface area (Å²) < 4.78 is 4.59. The molecular formula is C15H19ClN2O3. The number of nitrogens with zero attached hydrogens (tertiary/aromatic N) is 1. The van der Waals surface area contributed by atoms with Gasteiger partial charge >= 0.3 is 5.97 Å². The lowest BCUT2D eigenvalue weighted by atomic mass is 10.1. The first-order valence-electron chi connectivity index (χ1n) is 7.01. The first-order valence-corrected chi connectivity index (χ1v) is 7.39. The van der Waals surface area contributed by atoms with Gasteiger partial charge in [-0.05, 0) is 37.5 Å². The van der Waals surface area contributed by atoms with Gasteiger partial charge in [0.05, 0.1) is 12.7 Å². The Balaban J connectivity index is 2.17. The molecule has 5 nitrogen and oxygen atoms in total. The van der Waals surface area contributed by atoms with Crippen molar-refractivity contribution in [1.29, 1.82) is 0 Å². The Morgan fingerprint density at radius 1 is 1.29 bits per heavy atom. The number of hydrogen-bond acceptors (Lipinski definition) is 4. The van der Waals surface area contributed by atoms with Crippen molar-refractivity contribution in [2.24, 2.45) is 0 Å². The first kappa shape index (κ1) is 15.6. The second-order valence-electron chi connectivity index (χ2n) is 4.97. The smallest absolute Gasteiger partial charge is 0.325 e. The monoisotopic (exact) mass is 310 g/mol. The first-order chi connectivity index (χ1) is 10.1. The summed E-state index contributed by atoms with van der Waals surface area (Å²) in [6, 6.07) is 5.03. The molecule has 1 aromatic rings. The summed E-state index contributed by atoms with van der Waals surface area (Å²) in [5, 5.41) is 3.43. The number of methoxy groups -OCH3 is 1. The van der Waals surface area contributed by atoms with Gasteiger partial charge in [-0.15, -0.1) is 0 Å². The molecule has 0 spiro atoms. The second-order valence-corrected chi connectivity index (χ2v) is 5.41. The fraction of sp³-hybridized carbons (Fsp3) is 0.467. The number of rotatable bonds is 4. The Hall–Kier alpha value is -1.75. The zero-order valence-corrected chi connectivity index (χ0v) is 12.8. The van der Waals surface area contributed by atoms with E-state index in [0.717, 1.165) is 32.4 Å². The van der Waals surface area contributed by atoms with Crippen LogP contribution in [0.4, 0.5) is 5.69 Å². The van der Waals surface area contributed by atoms with Gasteiger partial charge in [0.15, 0.2) is 0 Å². The number of carbonyl (C=O) groups excluding carboxylic acids is 2. The molecule has 21 heavy (non-hydrogen) atoms. The average molecular weight is 311 g/mol. The van der Waals surface area contributed by atoms with E-state index in [-0.39, 0.29) is 12.5 Å². The molecule has 1 saturated heterocycles. The molecule has 1 N–H and O–H groups in total. The van der Waals surface area contributed by atoms with Crippen LogP contribution in [0.3, 0.4) is 0 Å². The predicted octanol–water partition coefficient (Wildman–Crippen LogP) is 2.55. The van der Waals surface area contributed by atoms with Gasteiger partial charge in [0.2, 0.25) is 0 Å². The maximum atomic E-state index is 12.6. The van der Waals surface area contributed by atoms with Crippen LogP contribution < -0.4 is 5.32 Å². The van der Waals surface area contributed by atoms with Crippen LogP contribution in [0.1, 0.15) is 29.6 Å². The Morgan fingerprint density at radius 3 is 2.67 bits per heavy atom. The molecule has 1 heterocycles. The third-order valence-corrected chi connectivity index (χ3v) is 3.74. The molecule has 0 atom stereocenters. The van der Waals surface area contributed by atoms with Gasteiger partial charge in [-0.2, -0.15) is 0 Å². The molecule has 1 fully saturated rings. The van der Waals surface area contributed by atoms with E-state index in [1.807, 2.05) is 4.90 Å². The number of hydrogen-bond donors (Lipinski definition) is 1. The fourth-order valence-electron chi connectivity index (χ4n) is 2.36. The summed E-state index contributed by atoms with van der Waals surface area (Å²) in [6.45, 7) is 1.55. The van der Waals surface area contributed by atoms with Crippen molar-refractivity contribution in [1.82, 2.24) is 4.90 Å². The minimum atomic E-state index is -0.397. The van der Waals surface area contributed by atoms with Crippen LogP contribution in [0.25, 0.3) is 0 Å². The van der Waals surface area contributed by atoms with Crippen molar-refractivity contribution in [2.75, 3.05) is 32.1 Å². The van der Waals surface area contributed by atoms with Crippen molar-refractivity contribution in [3.8, 4) is 0 Å². The number of likely N-dealkylation sites (tertiary alicyclic amines) is 1. The minimum absolute atomic E-state index is 0.00285. The molecule has 6 heteroatoms. The molecule has 2 rings (SSSR count). The molecule has 0 saturated carbocycles. The van der Waals surface area contributed by atoms with Crippen molar-refractivity contribution in [3.63, 3.8) is 0 Å². The minimum Gasteiger partial charge on any atom is -0.468 e. The molecule has 0 aromatic heterocycles. The van der Waals surface area contributed by atoms with Crippen LogP contribution in [0.5, 0.6) is 0 Å². The highest BCUT2D eigenvalue weighted by atomic mass is 35.5. The summed E-state index contributed by atoms with van der Waals surface area (Å²) in [6.07, 6.45) is 3.23. The number of amides is 1. The number of halogens is 1. The van der Waals surface area contributed by atoms with E-state index in [1.165, 1.54) is 7.11 Å².